The zero-order valence-corrected chi connectivity index (χ0v) is 5.92. The maximum absolute atomic E-state index is 10.1. The van der Waals surface area contributed by atoms with Gasteiger partial charge >= 0.3 is 5.97 Å². The number of carboxylic acids is 1. The van der Waals surface area contributed by atoms with Crippen LogP contribution in [0.25, 0.3) is 0 Å². The zero-order chi connectivity index (χ0) is 7.98. The van der Waals surface area contributed by atoms with Gasteiger partial charge in [-0.1, -0.05) is 6.42 Å². The van der Waals surface area contributed by atoms with Gasteiger partial charge in [0.15, 0.2) is 0 Å². The van der Waals surface area contributed by atoms with Gasteiger partial charge < -0.3 is 16.6 Å². The van der Waals surface area contributed by atoms with Crippen molar-refractivity contribution in [2.24, 2.45) is 11.5 Å². The number of aliphatic carboxylic acids is 1. The lowest BCUT2D eigenvalue weighted by Crippen LogP contribution is -2.29. The van der Waals surface area contributed by atoms with Crippen LogP contribution < -0.4 is 11.5 Å². The predicted molar refractivity (Wildman–Crippen MR) is 38.5 cm³/mol. The van der Waals surface area contributed by atoms with E-state index in [2.05, 4.69) is 0 Å². The molecule has 4 heteroatoms. The highest BCUT2D eigenvalue weighted by Crippen LogP contribution is 1.96. The van der Waals surface area contributed by atoms with Crippen LogP contribution in [-0.2, 0) is 4.79 Å². The van der Waals surface area contributed by atoms with Crippen LogP contribution in [-0.4, -0.2) is 23.7 Å². The van der Waals surface area contributed by atoms with Crippen LogP contribution in [0.15, 0.2) is 0 Å². The second-order valence-electron chi connectivity index (χ2n) is 2.23. The topological polar surface area (TPSA) is 89.3 Å². The third-order valence-electron chi connectivity index (χ3n) is 1.29. The molecule has 4 nitrogen and oxygen atoms in total. The molecule has 0 aromatic heterocycles. The Hall–Kier alpha value is -0.610. The predicted octanol–water partition coefficient (Wildman–Crippen LogP) is -0.473. The Morgan fingerprint density at radius 3 is 2.50 bits per heavy atom. The molecule has 5 N–H and O–H groups in total. The summed E-state index contributed by atoms with van der Waals surface area (Å²) in [6.45, 7) is 0.604. The van der Waals surface area contributed by atoms with Crippen LogP contribution in [0.2, 0.25) is 0 Å². The molecule has 0 saturated heterocycles. The van der Waals surface area contributed by atoms with Crippen molar-refractivity contribution in [1.29, 1.82) is 0 Å². The lowest BCUT2D eigenvalue weighted by Gasteiger charge is -2.03. The molecule has 0 radical (unpaired) electrons. The third kappa shape index (κ3) is 4.29. The molecule has 0 bridgehead atoms. The Balaban J connectivity index is 3.21. The normalized spacial score (nSPS) is 13.0. The lowest BCUT2D eigenvalue weighted by molar-refractivity contribution is -0.138. The van der Waals surface area contributed by atoms with Crippen LogP contribution in [0.4, 0.5) is 0 Å². The van der Waals surface area contributed by atoms with E-state index in [9.17, 15) is 4.79 Å². The summed E-state index contributed by atoms with van der Waals surface area (Å²) >= 11 is 0. The molecule has 0 fully saturated rings. The van der Waals surface area contributed by atoms with Crippen molar-refractivity contribution in [2.45, 2.75) is 25.3 Å². The maximum Gasteiger partial charge on any atom is 0.320 e. The summed E-state index contributed by atoms with van der Waals surface area (Å²) in [7, 11) is 0. The highest BCUT2D eigenvalue weighted by atomic mass is 16.5. The van der Waals surface area contributed by atoms with Crippen molar-refractivity contribution in [3.63, 3.8) is 0 Å². The van der Waals surface area contributed by atoms with Gasteiger partial charge in [-0.3, -0.25) is 4.79 Å². The third-order valence-corrected chi connectivity index (χ3v) is 1.29. The van der Waals surface area contributed by atoms with Crippen molar-refractivity contribution in [2.75, 3.05) is 6.54 Å². The Morgan fingerprint density at radius 1 is 1.50 bits per heavy atom. The van der Waals surface area contributed by atoms with Crippen LogP contribution in [0.3, 0.4) is 0 Å². The fraction of sp³-hybridized carbons (Fsp3) is 0.833. The Bertz CT molecular complexity index is 106. The summed E-state index contributed by atoms with van der Waals surface area (Å²) in [5, 5.41) is 8.33. The van der Waals surface area contributed by atoms with Crippen molar-refractivity contribution in [1.82, 2.24) is 0 Å². The van der Waals surface area contributed by atoms with E-state index in [-0.39, 0.29) is 0 Å². The van der Waals surface area contributed by atoms with Gasteiger partial charge in [0.25, 0.3) is 0 Å². The first-order valence-electron chi connectivity index (χ1n) is 3.37. The molecule has 0 aliphatic carbocycles. The van der Waals surface area contributed by atoms with Gasteiger partial charge in [-0.15, -0.1) is 0 Å². The second-order valence-corrected chi connectivity index (χ2v) is 2.23. The summed E-state index contributed by atoms with van der Waals surface area (Å²) < 4.78 is 0. The Morgan fingerprint density at radius 2 is 2.10 bits per heavy atom. The van der Waals surface area contributed by atoms with Gasteiger partial charge in [-0.05, 0) is 19.4 Å². The second kappa shape index (κ2) is 5.20. The van der Waals surface area contributed by atoms with E-state index in [0.717, 1.165) is 12.8 Å². The van der Waals surface area contributed by atoms with Crippen LogP contribution in [0.1, 0.15) is 19.3 Å². The fourth-order valence-corrected chi connectivity index (χ4v) is 0.632. The first-order valence-corrected chi connectivity index (χ1v) is 3.37. The molecule has 0 aliphatic rings. The quantitative estimate of drug-likeness (QED) is 0.367. The molecule has 1 atom stereocenters. The van der Waals surface area contributed by atoms with Crippen molar-refractivity contribution in [3.8, 4) is 0 Å². The first-order chi connectivity index (χ1) is 4.68. The van der Waals surface area contributed by atoms with Gasteiger partial charge in [0, 0.05) is 0 Å². The molecular weight excluding hydrogens is 138 g/mol. The number of carbonyl (C=O) groups is 1. The van der Waals surface area contributed by atoms with Gasteiger partial charge in [0.05, 0.1) is 0 Å². The van der Waals surface area contributed by atoms with E-state index in [1.807, 2.05) is 0 Å². The standard InChI is InChI=1S/C6H14N2O2/c7-4-2-1-3-5(8)6(9)10/h5H,1-4,7-8H2,(H,9,10)/i1+1,2+1,3+1,4+1,5+1,6+1. The highest BCUT2D eigenvalue weighted by Gasteiger charge is 2.09. The minimum Gasteiger partial charge on any atom is -0.480 e. The van der Waals surface area contributed by atoms with E-state index in [1.54, 1.807) is 0 Å². The molecular formula is C6H14N2O2. The molecule has 10 heavy (non-hydrogen) atoms. The lowest BCUT2D eigenvalue weighted by atomic mass is 11.1. The molecule has 0 amide bonds. The summed E-state index contributed by atoms with van der Waals surface area (Å²) in [6.07, 6.45) is 2.16. The molecule has 0 aromatic carbocycles. The highest BCUT2D eigenvalue weighted by molar-refractivity contribution is 5.72. The average Bonchev–Trinajstić information content (AvgIpc) is 1.88. The maximum atomic E-state index is 10.1. The number of rotatable bonds is 5. The van der Waals surface area contributed by atoms with Crippen LogP contribution in [0.5, 0.6) is 0 Å². The van der Waals surface area contributed by atoms with E-state index >= 15 is 0 Å². The number of hydrogen-bond acceptors (Lipinski definition) is 3. The van der Waals surface area contributed by atoms with Gasteiger partial charge in [-0.2, -0.15) is 0 Å². The monoisotopic (exact) mass is 152 g/mol. The number of unbranched alkanes of at least 4 members (excludes halogenated alkanes) is 1. The Labute approximate surface area is 60.2 Å². The molecule has 0 saturated carbocycles. The minimum absolute atomic E-state index is 0.520. The SMILES string of the molecule is N[13CH2][13CH2][13CH2][13CH2][13CH](N)[13C](=O)O. The number of carboxylic acid groups (broad SMARTS) is 1. The van der Waals surface area contributed by atoms with Gasteiger partial charge in [0.1, 0.15) is 6.04 Å². The zero-order valence-electron chi connectivity index (χ0n) is 5.92. The van der Waals surface area contributed by atoms with Crippen molar-refractivity contribution in [3.05, 3.63) is 0 Å². The number of hydrogen-bond donors (Lipinski definition) is 3. The van der Waals surface area contributed by atoms with Crippen molar-refractivity contribution < 1.29 is 9.90 Å². The fourth-order valence-electron chi connectivity index (χ4n) is 0.632. The smallest absolute Gasteiger partial charge is 0.320 e. The van der Waals surface area contributed by atoms with Gasteiger partial charge in [0.2, 0.25) is 0 Å². The van der Waals surface area contributed by atoms with E-state index in [1.165, 1.54) is 0 Å². The molecule has 0 spiro atoms. The largest absolute Gasteiger partial charge is 0.480 e. The molecule has 60 valence electrons. The van der Waals surface area contributed by atoms with Gasteiger partial charge in [-0.25, -0.2) is 0 Å². The molecule has 0 heterocycles. The van der Waals surface area contributed by atoms with E-state index < -0.39 is 12.0 Å². The number of nitrogens with two attached hydrogens (primary N) is 2. The summed E-state index contributed by atoms with van der Waals surface area (Å²) in [6, 6.07) is -0.716. The first kappa shape index (κ1) is 9.39. The molecule has 0 aromatic rings. The van der Waals surface area contributed by atoms with Crippen LogP contribution >= 0.6 is 0 Å². The molecule has 0 rings (SSSR count). The molecule has 1 unspecified atom stereocenters. The van der Waals surface area contributed by atoms with Crippen LogP contribution in [0, 0.1) is 0 Å². The van der Waals surface area contributed by atoms with Crippen molar-refractivity contribution >= 4 is 5.97 Å². The Kier molecular flexibility index (Phi) is 4.88. The summed E-state index contributed by atoms with van der Waals surface area (Å²) in [4.78, 5) is 10.1. The van der Waals surface area contributed by atoms with E-state index in [0.29, 0.717) is 13.0 Å². The van der Waals surface area contributed by atoms with E-state index in [4.69, 9.17) is 16.6 Å². The summed E-state index contributed by atoms with van der Waals surface area (Å²) in [5.74, 6) is -0.933. The molecule has 0 aliphatic heterocycles. The minimum atomic E-state index is -0.933. The average molecular weight is 152 g/mol. The summed E-state index contributed by atoms with van der Waals surface area (Å²) in [5.41, 5.74) is 10.4.